The van der Waals surface area contributed by atoms with Crippen LogP contribution >= 0.6 is 12.4 Å². The van der Waals surface area contributed by atoms with Crippen LogP contribution in [0.5, 0.6) is 0 Å². The summed E-state index contributed by atoms with van der Waals surface area (Å²) in [7, 11) is -4.66. The average molecular weight is 854 g/mol. The molecule has 4 aromatic rings. The number of amides is 2. The van der Waals surface area contributed by atoms with Gasteiger partial charge in [-0.2, -0.15) is 0 Å². The van der Waals surface area contributed by atoms with Gasteiger partial charge in [0, 0.05) is 98.5 Å². The topological polar surface area (TPSA) is 134 Å². The molecule has 1 N–H and O–H groups in total. The van der Waals surface area contributed by atoms with Gasteiger partial charge in [-0.1, -0.05) is 13.8 Å². The molecular weight excluding hydrogens is 796 g/mol. The summed E-state index contributed by atoms with van der Waals surface area (Å²) >= 11 is 0. The lowest BCUT2D eigenvalue weighted by molar-refractivity contribution is 0.0689. The number of likely N-dealkylation sites (N-methyl/N-ethyl adjacent to an activating group) is 1. The number of rotatable bonds is 6. The highest BCUT2D eigenvalue weighted by atomic mass is 35.5. The van der Waals surface area contributed by atoms with Crippen molar-refractivity contribution in [1.82, 2.24) is 28.0 Å². The minimum Gasteiger partial charge on any atom is -0.339 e. The monoisotopic (exact) mass is 852 g/mol. The van der Waals surface area contributed by atoms with Crippen molar-refractivity contribution in [2.24, 2.45) is 11.8 Å². The fraction of sp³-hybridized carbons (Fsp3) is 0.581. The number of hydrogen-bond donors (Lipinski definition) is 1. The van der Waals surface area contributed by atoms with Gasteiger partial charge in [-0.05, 0) is 118 Å². The van der Waals surface area contributed by atoms with E-state index in [0.717, 1.165) is 148 Å². The molecule has 6 aliphatic rings. The molecular formula is C43H57ClN6O6S2. The van der Waals surface area contributed by atoms with Gasteiger partial charge in [0.15, 0.2) is 0 Å². The Hall–Kier alpha value is -3.43. The van der Waals surface area contributed by atoms with Gasteiger partial charge in [0.1, 0.15) is 0 Å². The van der Waals surface area contributed by atoms with Crippen molar-refractivity contribution in [2.75, 3.05) is 46.3 Å². The van der Waals surface area contributed by atoms with E-state index in [1.54, 1.807) is 14.0 Å². The van der Waals surface area contributed by atoms with Crippen LogP contribution in [0.2, 0.25) is 0 Å². The second-order valence-electron chi connectivity index (χ2n) is 17.7. The number of halogens is 1. The van der Waals surface area contributed by atoms with Crippen molar-refractivity contribution in [3.8, 4) is 0 Å². The molecule has 58 heavy (non-hydrogen) atoms. The zero-order valence-corrected chi connectivity index (χ0v) is 36.4. The van der Waals surface area contributed by atoms with Gasteiger partial charge in [0.05, 0.1) is 21.5 Å². The Bertz CT molecular complexity index is 2470. The maximum absolute atomic E-state index is 13.2. The van der Waals surface area contributed by atoms with Gasteiger partial charge < -0.3 is 20.0 Å². The molecule has 10 rings (SSSR count). The first-order valence-electron chi connectivity index (χ1n) is 21.1. The third-order valence-corrected chi connectivity index (χ3v) is 17.8. The smallest absolute Gasteiger partial charge is 0.253 e. The third kappa shape index (κ3) is 7.50. The lowest BCUT2D eigenvalue weighted by Gasteiger charge is -2.30. The van der Waals surface area contributed by atoms with Crippen molar-refractivity contribution < 1.29 is 26.4 Å². The largest absolute Gasteiger partial charge is 0.339 e. The van der Waals surface area contributed by atoms with Crippen LogP contribution in [0, 0.1) is 11.8 Å². The van der Waals surface area contributed by atoms with Crippen molar-refractivity contribution in [3.63, 3.8) is 0 Å². The van der Waals surface area contributed by atoms with E-state index in [4.69, 9.17) is 0 Å². The molecule has 2 amide bonds. The number of benzene rings is 2. The second-order valence-corrected chi connectivity index (χ2v) is 21.8. The molecule has 4 aliphatic heterocycles. The first-order valence-corrected chi connectivity index (χ1v) is 24.1. The average Bonchev–Trinajstić information content (AvgIpc) is 4.15. The SMILES string of the molecule is CC1CCN(C(=O)c2ccc3c(c2)c2c(n3S(=O)(=O)C3CC3)CCN(C)C2)CC1.CC1CCN(C(=O)c2ccc3c(c2)c2c(n3S(=O)(=O)C3CC3)CCNC2)CC1.Cl. The minimum absolute atomic E-state index is 0. The van der Waals surface area contributed by atoms with Gasteiger partial charge in [-0.15, -0.1) is 12.4 Å². The van der Waals surface area contributed by atoms with Crippen LogP contribution in [0.1, 0.15) is 108 Å². The second kappa shape index (κ2) is 15.9. The fourth-order valence-electron chi connectivity index (χ4n) is 9.37. The number of likely N-dealkylation sites (tertiary alicyclic amines) is 2. The molecule has 6 heterocycles. The van der Waals surface area contributed by atoms with E-state index in [1.807, 2.05) is 40.1 Å². The lowest BCUT2D eigenvalue weighted by atomic mass is 9.98. The number of hydrogen-bond acceptors (Lipinski definition) is 8. The zero-order chi connectivity index (χ0) is 39.8. The molecule has 0 atom stereocenters. The first kappa shape index (κ1) is 41.3. The number of carbonyl (C=O) groups is 2. The van der Waals surface area contributed by atoms with Crippen molar-refractivity contribution in [2.45, 2.75) is 102 Å². The summed E-state index contributed by atoms with van der Waals surface area (Å²) < 4.78 is 55.8. The number of fused-ring (bicyclic) bond motifs is 6. The van der Waals surface area contributed by atoms with Gasteiger partial charge in [-0.25, -0.2) is 24.8 Å². The molecule has 0 spiro atoms. The molecule has 0 unspecified atom stereocenters. The highest BCUT2D eigenvalue weighted by molar-refractivity contribution is 7.91. The van der Waals surface area contributed by atoms with Crippen LogP contribution in [0.4, 0.5) is 0 Å². The third-order valence-electron chi connectivity index (χ3n) is 13.3. The van der Waals surface area contributed by atoms with Crippen LogP contribution in [-0.2, 0) is 46.0 Å². The minimum atomic E-state index is -3.36. The molecule has 2 aromatic heterocycles. The summed E-state index contributed by atoms with van der Waals surface area (Å²) in [6.07, 6.45) is 8.60. The van der Waals surface area contributed by atoms with Crippen LogP contribution in [0.3, 0.4) is 0 Å². The Morgan fingerprint density at radius 3 is 1.53 bits per heavy atom. The van der Waals surface area contributed by atoms with Crippen LogP contribution in [0.15, 0.2) is 36.4 Å². The van der Waals surface area contributed by atoms with Crippen molar-refractivity contribution in [1.29, 1.82) is 0 Å². The van der Waals surface area contributed by atoms with E-state index in [1.165, 1.54) is 0 Å². The van der Waals surface area contributed by atoms with Crippen LogP contribution in [0.25, 0.3) is 21.8 Å². The van der Waals surface area contributed by atoms with E-state index >= 15 is 0 Å². The predicted molar refractivity (Wildman–Crippen MR) is 230 cm³/mol. The molecule has 4 fully saturated rings. The summed E-state index contributed by atoms with van der Waals surface area (Å²) in [6, 6.07) is 11.2. The van der Waals surface area contributed by atoms with E-state index in [2.05, 4.69) is 31.1 Å². The van der Waals surface area contributed by atoms with E-state index in [-0.39, 0.29) is 34.7 Å². The standard InChI is InChI=1S/C22H29N3O3S.C21H27N3O3S.ClH/c1-15-7-11-24(12-8-15)22(26)16-3-6-20-18(13-16)19-14-23(2)10-9-21(19)25(20)29(27,28)17-4-5-17;1-14-7-10-23(11-8-14)21(25)15-2-5-19-17(12-15)18-13-22-9-6-20(18)24(19)28(26,27)16-3-4-16;/h3,6,13,15,17H,4-5,7-12,14H2,1-2H3;2,5,12,14,16,22H,3-4,6-11,13H2,1H3;1H. The number of piperidine rings is 2. The molecule has 2 aliphatic carbocycles. The molecule has 2 aromatic carbocycles. The van der Waals surface area contributed by atoms with Gasteiger partial charge in [-0.3, -0.25) is 9.59 Å². The quantitative estimate of drug-likeness (QED) is 0.259. The fourth-order valence-corrected chi connectivity index (χ4v) is 13.3. The number of aromatic nitrogens is 2. The first-order chi connectivity index (χ1) is 27.3. The Kier molecular flexibility index (Phi) is 11.3. The molecule has 2 saturated carbocycles. The van der Waals surface area contributed by atoms with Gasteiger partial charge >= 0.3 is 0 Å². The van der Waals surface area contributed by atoms with E-state index < -0.39 is 20.0 Å². The zero-order valence-electron chi connectivity index (χ0n) is 33.9. The maximum atomic E-state index is 13.2. The number of nitrogens with zero attached hydrogens (tertiary/aromatic N) is 5. The summed E-state index contributed by atoms with van der Waals surface area (Å²) in [5.41, 5.74) is 6.72. The summed E-state index contributed by atoms with van der Waals surface area (Å²) in [4.78, 5) is 32.2. The summed E-state index contributed by atoms with van der Waals surface area (Å²) in [5, 5.41) is 4.68. The predicted octanol–water partition coefficient (Wildman–Crippen LogP) is 5.76. The van der Waals surface area contributed by atoms with Gasteiger partial charge in [0.25, 0.3) is 11.8 Å². The summed E-state index contributed by atoms with van der Waals surface area (Å²) in [6.45, 7) is 10.7. The molecule has 2 saturated heterocycles. The normalized spacial score (nSPS) is 20.9. The van der Waals surface area contributed by atoms with Crippen LogP contribution < -0.4 is 5.32 Å². The lowest BCUT2D eigenvalue weighted by Crippen LogP contribution is -2.37. The van der Waals surface area contributed by atoms with Crippen molar-refractivity contribution in [3.05, 3.63) is 70.0 Å². The Balaban J connectivity index is 0.000000159. The Labute approximate surface area is 348 Å². The van der Waals surface area contributed by atoms with Crippen molar-refractivity contribution >= 4 is 66.1 Å². The highest BCUT2D eigenvalue weighted by Crippen LogP contribution is 2.39. The van der Waals surface area contributed by atoms with Crippen LogP contribution in [-0.4, -0.2) is 108 Å². The molecule has 15 heteroatoms. The number of nitrogens with one attached hydrogen (secondary N) is 1. The van der Waals surface area contributed by atoms with E-state index in [0.29, 0.717) is 35.9 Å². The Morgan fingerprint density at radius 1 is 0.621 bits per heavy atom. The molecule has 0 radical (unpaired) electrons. The maximum Gasteiger partial charge on any atom is 0.253 e. The van der Waals surface area contributed by atoms with E-state index in [9.17, 15) is 26.4 Å². The Morgan fingerprint density at radius 2 is 1.07 bits per heavy atom. The highest BCUT2D eigenvalue weighted by Gasteiger charge is 2.41. The number of carbonyl (C=O) groups excluding carboxylic acids is 2. The molecule has 0 bridgehead atoms. The molecule has 12 nitrogen and oxygen atoms in total. The van der Waals surface area contributed by atoms with Gasteiger partial charge in [0.2, 0.25) is 20.0 Å². The summed E-state index contributed by atoms with van der Waals surface area (Å²) in [5.74, 6) is 1.47. The molecule has 314 valence electrons.